The molecule has 0 unspecified atom stereocenters. The van der Waals surface area contributed by atoms with Crippen LogP contribution in [-0.4, -0.2) is 37.6 Å². The minimum absolute atomic E-state index is 0.559. The van der Waals surface area contributed by atoms with E-state index in [1.807, 2.05) is 0 Å². The number of nitrogens with one attached hydrogen (secondary N) is 1. The average molecular weight is 238 g/mol. The van der Waals surface area contributed by atoms with Crippen LogP contribution in [0.2, 0.25) is 0 Å². The van der Waals surface area contributed by atoms with Crippen LogP contribution in [0.4, 0.5) is 0 Å². The summed E-state index contributed by atoms with van der Waals surface area (Å²) >= 11 is 0. The standard InChI is InChI=1S/C15H30N2/c1-15(2)8-10-17(13-15)11-9-16-12-14-6-4-3-5-7-14/h14,16H,3-13H2,1-2H3. The summed E-state index contributed by atoms with van der Waals surface area (Å²) in [4.78, 5) is 2.62. The van der Waals surface area contributed by atoms with Gasteiger partial charge in [0.05, 0.1) is 0 Å². The van der Waals surface area contributed by atoms with Gasteiger partial charge in [-0.05, 0) is 43.7 Å². The van der Waals surface area contributed by atoms with Crippen LogP contribution in [0, 0.1) is 11.3 Å². The molecule has 0 atom stereocenters. The highest BCUT2D eigenvalue weighted by Gasteiger charge is 2.28. The molecule has 0 radical (unpaired) electrons. The molecule has 2 nitrogen and oxygen atoms in total. The highest BCUT2D eigenvalue weighted by Crippen LogP contribution is 2.28. The number of nitrogens with zero attached hydrogens (tertiary/aromatic N) is 1. The fourth-order valence-corrected chi connectivity index (χ4v) is 3.35. The minimum atomic E-state index is 0.559. The van der Waals surface area contributed by atoms with Gasteiger partial charge in [0.1, 0.15) is 0 Å². The Morgan fingerprint density at radius 2 is 1.94 bits per heavy atom. The number of hydrogen-bond acceptors (Lipinski definition) is 2. The second-order valence-electron chi connectivity index (χ2n) is 6.90. The first-order valence-electron chi connectivity index (χ1n) is 7.59. The zero-order chi connectivity index (χ0) is 12.1. The highest BCUT2D eigenvalue weighted by molar-refractivity contribution is 4.82. The molecule has 0 aromatic carbocycles. The van der Waals surface area contributed by atoms with Crippen LogP contribution in [0.1, 0.15) is 52.4 Å². The minimum Gasteiger partial charge on any atom is -0.315 e. The van der Waals surface area contributed by atoms with Gasteiger partial charge in [-0.1, -0.05) is 33.1 Å². The van der Waals surface area contributed by atoms with E-state index in [2.05, 4.69) is 24.1 Å². The lowest BCUT2D eigenvalue weighted by atomic mass is 9.89. The zero-order valence-electron chi connectivity index (χ0n) is 11.8. The van der Waals surface area contributed by atoms with Crippen molar-refractivity contribution in [3.8, 4) is 0 Å². The van der Waals surface area contributed by atoms with Gasteiger partial charge in [0, 0.05) is 19.6 Å². The lowest BCUT2D eigenvalue weighted by molar-refractivity contribution is 0.281. The largest absolute Gasteiger partial charge is 0.315 e. The van der Waals surface area contributed by atoms with Gasteiger partial charge in [-0.2, -0.15) is 0 Å². The van der Waals surface area contributed by atoms with Crippen molar-refractivity contribution in [2.24, 2.45) is 11.3 Å². The van der Waals surface area contributed by atoms with Gasteiger partial charge >= 0.3 is 0 Å². The molecule has 1 aliphatic heterocycles. The van der Waals surface area contributed by atoms with Crippen molar-refractivity contribution in [2.75, 3.05) is 32.7 Å². The Kier molecular flexibility index (Phi) is 4.87. The van der Waals surface area contributed by atoms with Crippen LogP contribution < -0.4 is 5.32 Å². The van der Waals surface area contributed by atoms with Crippen LogP contribution >= 0.6 is 0 Å². The van der Waals surface area contributed by atoms with Crippen LogP contribution in [0.25, 0.3) is 0 Å². The third kappa shape index (κ3) is 4.59. The third-order valence-corrected chi connectivity index (χ3v) is 4.52. The molecule has 1 heterocycles. The average Bonchev–Trinajstić information content (AvgIpc) is 2.66. The predicted octanol–water partition coefficient (Wildman–Crippen LogP) is 2.89. The molecule has 0 aromatic rings. The van der Waals surface area contributed by atoms with E-state index in [4.69, 9.17) is 0 Å². The molecule has 1 saturated carbocycles. The zero-order valence-corrected chi connectivity index (χ0v) is 11.8. The second-order valence-corrected chi connectivity index (χ2v) is 6.90. The molecule has 1 aliphatic carbocycles. The summed E-state index contributed by atoms with van der Waals surface area (Å²) in [5, 5.41) is 3.67. The molecule has 0 aromatic heterocycles. The first kappa shape index (κ1) is 13.4. The SMILES string of the molecule is CC1(C)CCN(CCNCC2CCCCC2)C1. The quantitative estimate of drug-likeness (QED) is 0.741. The molecule has 100 valence electrons. The molecule has 2 rings (SSSR count). The molecule has 0 spiro atoms. The Bertz CT molecular complexity index is 219. The molecule has 1 saturated heterocycles. The van der Waals surface area contributed by atoms with Crippen LogP contribution in [0.3, 0.4) is 0 Å². The topological polar surface area (TPSA) is 15.3 Å². The summed E-state index contributed by atoms with van der Waals surface area (Å²) in [6.07, 6.45) is 8.70. The van der Waals surface area contributed by atoms with Gasteiger partial charge < -0.3 is 10.2 Å². The van der Waals surface area contributed by atoms with E-state index in [9.17, 15) is 0 Å². The summed E-state index contributed by atoms with van der Waals surface area (Å²) in [6.45, 7) is 11.1. The van der Waals surface area contributed by atoms with Crippen molar-refractivity contribution in [1.82, 2.24) is 10.2 Å². The Labute approximate surface area is 107 Å². The monoisotopic (exact) mass is 238 g/mol. The van der Waals surface area contributed by atoms with Crippen molar-refractivity contribution in [3.63, 3.8) is 0 Å². The number of rotatable bonds is 5. The molecule has 17 heavy (non-hydrogen) atoms. The van der Waals surface area contributed by atoms with Crippen molar-refractivity contribution < 1.29 is 0 Å². The first-order valence-corrected chi connectivity index (χ1v) is 7.59. The second kappa shape index (κ2) is 6.19. The maximum atomic E-state index is 3.67. The Hall–Kier alpha value is -0.0800. The summed E-state index contributed by atoms with van der Waals surface area (Å²) in [6, 6.07) is 0. The van der Waals surface area contributed by atoms with E-state index in [0.717, 1.165) is 5.92 Å². The van der Waals surface area contributed by atoms with E-state index in [1.54, 1.807) is 0 Å². The molecule has 2 fully saturated rings. The number of hydrogen-bond donors (Lipinski definition) is 1. The van der Waals surface area contributed by atoms with Gasteiger partial charge in [0.2, 0.25) is 0 Å². The Morgan fingerprint density at radius 3 is 2.59 bits per heavy atom. The summed E-state index contributed by atoms with van der Waals surface area (Å²) in [7, 11) is 0. The summed E-state index contributed by atoms with van der Waals surface area (Å²) in [5.74, 6) is 0.971. The van der Waals surface area contributed by atoms with Gasteiger partial charge in [-0.15, -0.1) is 0 Å². The van der Waals surface area contributed by atoms with Crippen molar-refractivity contribution >= 4 is 0 Å². The Morgan fingerprint density at radius 1 is 1.18 bits per heavy atom. The van der Waals surface area contributed by atoms with Gasteiger partial charge in [0.25, 0.3) is 0 Å². The van der Waals surface area contributed by atoms with Crippen LogP contribution in [0.5, 0.6) is 0 Å². The van der Waals surface area contributed by atoms with E-state index in [1.165, 1.54) is 71.2 Å². The molecule has 2 heteroatoms. The highest BCUT2D eigenvalue weighted by atomic mass is 15.2. The van der Waals surface area contributed by atoms with E-state index in [0.29, 0.717) is 5.41 Å². The third-order valence-electron chi connectivity index (χ3n) is 4.52. The van der Waals surface area contributed by atoms with E-state index >= 15 is 0 Å². The van der Waals surface area contributed by atoms with Crippen molar-refractivity contribution in [1.29, 1.82) is 0 Å². The summed E-state index contributed by atoms with van der Waals surface area (Å²) < 4.78 is 0. The molecule has 1 N–H and O–H groups in total. The van der Waals surface area contributed by atoms with Gasteiger partial charge in [-0.3, -0.25) is 0 Å². The number of likely N-dealkylation sites (tertiary alicyclic amines) is 1. The molecular weight excluding hydrogens is 208 g/mol. The van der Waals surface area contributed by atoms with Gasteiger partial charge in [-0.25, -0.2) is 0 Å². The molecule has 2 aliphatic rings. The van der Waals surface area contributed by atoms with E-state index < -0.39 is 0 Å². The maximum absolute atomic E-state index is 3.67. The van der Waals surface area contributed by atoms with Gasteiger partial charge in [0.15, 0.2) is 0 Å². The maximum Gasteiger partial charge on any atom is 0.0107 e. The molecular formula is C15H30N2. The lowest BCUT2D eigenvalue weighted by Crippen LogP contribution is -2.34. The van der Waals surface area contributed by atoms with Crippen LogP contribution in [-0.2, 0) is 0 Å². The fourth-order valence-electron chi connectivity index (χ4n) is 3.35. The van der Waals surface area contributed by atoms with Crippen LogP contribution in [0.15, 0.2) is 0 Å². The van der Waals surface area contributed by atoms with Crippen molar-refractivity contribution in [2.45, 2.75) is 52.4 Å². The van der Waals surface area contributed by atoms with E-state index in [-0.39, 0.29) is 0 Å². The predicted molar refractivity (Wildman–Crippen MR) is 74.3 cm³/mol. The normalized spacial score (nSPS) is 26.5. The lowest BCUT2D eigenvalue weighted by Gasteiger charge is -2.23. The molecule has 0 bridgehead atoms. The Balaban J connectivity index is 1.51. The first-order chi connectivity index (χ1) is 8.16. The summed E-state index contributed by atoms with van der Waals surface area (Å²) in [5.41, 5.74) is 0.559. The molecule has 0 amide bonds. The fraction of sp³-hybridized carbons (Fsp3) is 1.00. The smallest absolute Gasteiger partial charge is 0.0107 e. The van der Waals surface area contributed by atoms with Crippen molar-refractivity contribution in [3.05, 3.63) is 0 Å².